The van der Waals surface area contributed by atoms with E-state index in [0.29, 0.717) is 6.54 Å². The standard InChI is InChI=1S/C19H23N3OS/c1-15-5-7-17(8-6-15)24-19(9-3-4-10-19)18(23)22(2)14-16-13-20-11-12-21-16/h5-8,11-13H,3-4,9-10,14H2,1-2H3. The van der Waals surface area contributed by atoms with Crippen LogP contribution in [0.25, 0.3) is 0 Å². The average Bonchev–Trinajstić information content (AvgIpc) is 3.07. The number of aromatic nitrogens is 2. The van der Waals surface area contributed by atoms with Crippen molar-refractivity contribution >= 4 is 17.7 Å². The number of thioether (sulfide) groups is 1. The molecule has 2 aromatic rings. The molecule has 1 saturated carbocycles. The van der Waals surface area contributed by atoms with Crippen LogP contribution in [0.2, 0.25) is 0 Å². The van der Waals surface area contributed by atoms with Gasteiger partial charge < -0.3 is 4.90 Å². The second kappa shape index (κ2) is 7.34. The Labute approximate surface area is 147 Å². The van der Waals surface area contributed by atoms with E-state index in [0.717, 1.165) is 31.4 Å². The summed E-state index contributed by atoms with van der Waals surface area (Å²) < 4.78 is -0.341. The molecule has 1 aromatic heterocycles. The normalized spacial score (nSPS) is 16.1. The van der Waals surface area contributed by atoms with E-state index >= 15 is 0 Å². The van der Waals surface area contributed by atoms with E-state index in [1.807, 2.05) is 7.05 Å². The molecule has 0 radical (unpaired) electrons. The zero-order chi connectivity index (χ0) is 17.0. The van der Waals surface area contributed by atoms with Gasteiger partial charge in [0.2, 0.25) is 5.91 Å². The minimum absolute atomic E-state index is 0.205. The van der Waals surface area contributed by atoms with Gasteiger partial charge in [0.25, 0.3) is 0 Å². The highest BCUT2D eigenvalue weighted by molar-refractivity contribution is 8.01. The van der Waals surface area contributed by atoms with Gasteiger partial charge in [-0.2, -0.15) is 0 Å². The van der Waals surface area contributed by atoms with Gasteiger partial charge in [-0.05, 0) is 31.9 Å². The van der Waals surface area contributed by atoms with Crippen molar-refractivity contribution in [1.82, 2.24) is 14.9 Å². The number of carbonyl (C=O) groups excluding carboxylic acids is 1. The number of carbonyl (C=O) groups is 1. The molecule has 1 heterocycles. The molecule has 1 aliphatic carbocycles. The van der Waals surface area contributed by atoms with Crippen molar-refractivity contribution < 1.29 is 4.79 Å². The lowest BCUT2D eigenvalue weighted by Crippen LogP contribution is -2.43. The Bertz CT molecular complexity index is 682. The molecule has 1 aromatic carbocycles. The third kappa shape index (κ3) is 3.78. The van der Waals surface area contributed by atoms with Gasteiger partial charge in [0.1, 0.15) is 0 Å². The predicted octanol–water partition coefficient (Wildman–Crippen LogP) is 3.85. The molecule has 0 bridgehead atoms. The smallest absolute Gasteiger partial charge is 0.239 e. The molecule has 1 amide bonds. The predicted molar refractivity (Wildman–Crippen MR) is 96.7 cm³/mol. The van der Waals surface area contributed by atoms with Gasteiger partial charge >= 0.3 is 0 Å². The monoisotopic (exact) mass is 341 g/mol. The number of hydrogen-bond donors (Lipinski definition) is 0. The van der Waals surface area contributed by atoms with Crippen molar-refractivity contribution in [3.8, 4) is 0 Å². The average molecular weight is 341 g/mol. The summed E-state index contributed by atoms with van der Waals surface area (Å²) >= 11 is 1.73. The van der Waals surface area contributed by atoms with Gasteiger partial charge in [-0.1, -0.05) is 30.5 Å². The highest BCUT2D eigenvalue weighted by Crippen LogP contribution is 2.46. The van der Waals surface area contributed by atoms with E-state index in [1.54, 1.807) is 35.3 Å². The van der Waals surface area contributed by atoms with E-state index in [9.17, 15) is 4.79 Å². The fourth-order valence-electron chi connectivity index (χ4n) is 3.21. The molecule has 0 N–H and O–H groups in total. The molecule has 1 fully saturated rings. The lowest BCUT2D eigenvalue weighted by Gasteiger charge is -2.31. The third-order valence-electron chi connectivity index (χ3n) is 4.50. The van der Waals surface area contributed by atoms with Crippen LogP contribution >= 0.6 is 11.8 Å². The molecule has 4 nitrogen and oxygen atoms in total. The van der Waals surface area contributed by atoms with Crippen molar-refractivity contribution in [2.24, 2.45) is 0 Å². The van der Waals surface area contributed by atoms with Crippen molar-refractivity contribution in [3.63, 3.8) is 0 Å². The molecule has 0 aliphatic heterocycles. The summed E-state index contributed by atoms with van der Waals surface area (Å²) in [6, 6.07) is 8.46. The number of hydrogen-bond acceptors (Lipinski definition) is 4. The lowest BCUT2D eigenvalue weighted by molar-refractivity contribution is -0.132. The summed E-state index contributed by atoms with van der Waals surface area (Å²) in [5, 5.41) is 0. The molecule has 0 atom stereocenters. The van der Waals surface area contributed by atoms with E-state index < -0.39 is 0 Å². The van der Waals surface area contributed by atoms with Crippen molar-refractivity contribution in [2.75, 3.05) is 7.05 Å². The Balaban J connectivity index is 1.76. The Morgan fingerprint density at radius 2 is 1.92 bits per heavy atom. The lowest BCUT2D eigenvalue weighted by atomic mass is 10.1. The Morgan fingerprint density at radius 1 is 1.21 bits per heavy atom. The highest BCUT2D eigenvalue weighted by atomic mass is 32.2. The Kier molecular flexibility index (Phi) is 5.19. The van der Waals surface area contributed by atoms with Crippen LogP contribution in [0, 0.1) is 6.92 Å². The molecule has 126 valence electrons. The first-order chi connectivity index (χ1) is 11.6. The maximum atomic E-state index is 13.2. The van der Waals surface area contributed by atoms with Gasteiger partial charge in [-0.3, -0.25) is 14.8 Å². The second-order valence-corrected chi connectivity index (χ2v) is 7.93. The largest absolute Gasteiger partial charge is 0.339 e. The van der Waals surface area contributed by atoms with Gasteiger partial charge in [0.05, 0.1) is 23.2 Å². The van der Waals surface area contributed by atoms with Gasteiger partial charge in [-0.25, -0.2) is 0 Å². The van der Waals surface area contributed by atoms with Crippen LogP contribution in [-0.2, 0) is 11.3 Å². The SMILES string of the molecule is Cc1ccc(SC2(C(=O)N(C)Cc3cnccn3)CCCC2)cc1. The molecule has 3 rings (SSSR count). The minimum Gasteiger partial charge on any atom is -0.339 e. The number of nitrogens with zero attached hydrogens (tertiary/aromatic N) is 3. The van der Waals surface area contributed by atoms with E-state index in [-0.39, 0.29) is 10.7 Å². The molecular weight excluding hydrogens is 318 g/mol. The fourth-order valence-corrected chi connectivity index (χ4v) is 4.67. The van der Waals surface area contributed by atoms with Crippen LogP contribution < -0.4 is 0 Å². The number of amides is 1. The molecule has 24 heavy (non-hydrogen) atoms. The third-order valence-corrected chi connectivity index (χ3v) is 5.98. The summed E-state index contributed by atoms with van der Waals surface area (Å²) in [7, 11) is 1.87. The minimum atomic E-state index is -0.341. The topological polar surface area (TPSA) is 46.1 Å². The van der Waals surface area contributed by atoms with Gasteiger partial charge in [0, 0.05) is 24.3 Å². The molecule has 5 heteroatoms. The molecular formula is C19H23N3OS. The van der Waals surface area contributed by atoms with Crippen LogP contribution in [0.5, 0.6) is 0 Å². The summed E-state index contributed by atoms with van der Waals surface area (Å²) in [4.78, 5) is 24.5. The Hall–Kier alpha value is -1.88. The van der Waals surface area contributed by atoms with Gasteiger partial charge in [0.15, 0.2) is 0 Å². The van der Waals surface area contributed by atoms with E-state index in [2.05, 4.69) is 41.2 Å². The first kappa shape index (κ1) is 17.0. The number of rotatable bonds is 5. The molecule has 1 aliphatic rings. The molecule has 0 unspecified atom stereocenters. The zero-order valence-corrected chi connectivity index (χ0v) is 15.1. The van der Waals surface area contributed by atoms with E-state index in [4.69, 9.17) is 0 Å². The summed E-state index contributed by atoms with van der Waals surface area (Å²) in [6.07, 6.45) is 9.15. The summed E-state index contributed by atoms with van der Waals surface area (Å²) in [5.41, 5.74) is 2.06. The highest BCUT2D eigenvalue weighted by Gasteiger charge is 2.43. The zero-order valence-electron chi connectivity index (χ0n) is 14.2. The van der Waals surface area contributed by atoms with Gasteiger partial charge in [-0.15, -0.1) is 11.8 Å². The first-order valence-electron chi connectivity index (χ1n) is 8.35. The molecule has 0 saturated heterocycles. The van der Waals surface area contributed by atoms with Crippen molar-refractivity contribution in [1.29, 1.82) is 0 Å². The summed E-state index contributed by atoms with van der Waals surface area (Å²) in [6.45, 7) is 2.59. The maximum Gasteiger partial charge on any atom is 0.239 e. The fraction of sp³-hybridized carbons (Fsp3) is 0.421. The first-order valence-corrected chi connectivity index (χ1v) is 9.17. The van der Waals surface area contributed by atoms with Crippen molar-refractivity contribution in [3.05, 3.63) is 54.1 Å². The molecule has 0 spiro atoms. The number of benzene rings is 1. The second-order valence-electron chi connectivity index (χ2n) is 6.47. The summed E-state index contributed by atoms with van der Waals surface area (Å²) in [5.74, 6) is 0.205. The van der Waals surface area contributed by atoms with Crippen LogP contribution in [-0.4, -0.2) is 32.6 Å². The van der Waals surface area contributed by atoms with Crippen molar-refractivity contribution in [2.45, 2.75) is 48.8 Å². The maximum absolute atomic E-state index is 13.2. The van der Waals surface area contributed by atoms with Crippen LogP contribution in [0.4, 0.5) is 0 Å². The van der Waals surface area contributed by atoms with Crippen LogP contribution in [0.15, 0.2) is 47.8 Å². The van der Waals surface area contributed by atoms with Crippen LogP contribution in [0.3, 0.4) is 0 Å². The van der Waals surface area contributed by atoms with E-state index in [1.165, 1.54) is 10.5 Å². The number of aryl methyl sites for hydroxylation is 1. The van der Waals surface area contributed by atoms with Crippen LogP contribution in [0.1, 0.15) is 36.9 Å². The Morgan fingerprint density at radius 3 is 2.54 bits per heavy atom. The quantitative estimate of drug-likeness (QED) is 0.829.